The van der Waals surface area contributed by atoms with E-state index in [0.29, 0.717) is 18.7 Å². The zero-order chi connectivity index (χ0) is 20.8. The van der Waals surface area contributed by atoms with Crippen LogP contribution in [0.3, 0.4) is 0 Å². The fraction of sp³-hybridized carbons (Fsp3) is 0.333. The van der Waals surface area contributed by atoms with Gasteiger partial charge >= 0.3 is 0 Å². The third kappa shape index (κ3) is 2.89. The van der Waals surface area contributed by atoms with Gasteiger partial charge in [-0.2, -0.15) is 10.4 Å². The molecule has 6 nitrogen and oxygen atoms in total. The molecule has 0 saturated heterocycles. The van der Waals surface area contributed by atoms with Gasteiger partial charge in [-0.3, -0.25) is 9.67 Å². The molecule has 0 radical (unpaired) electrons. The van der Waals surface area contributed by atoms with Crippen LogP contribution in [-0.2, 0) is 19.9 Å². The smallest absolute Gasteiger partial charge is 0.147 e. The van der Waals surface area contributed by atoms with Gasteiger partial charge in [-0.25, -0.2) is 4.98 Å². The minimum absolute atomic E-state index is 0.134. The van der Waals surface area contributed by atoms with Crippen LogP contribution < -0.4 is 4.74 Å². The molecule has 3 heterocycles. The van der Waals surface area contributed by atoms with Crippen LogP contribution in [-0.4, -0.2) is 26.4 Å². The monoisotopic (exact) mass is 397 g/mol. The van der Waals surface area contributed by atoms with Gasteiger partial charge in [0.15, 0.2) is 0 Å². The first-order chi connectivity index (χ1) is 14.6. The number of nitrogens with zero attached hydrogens (tertiary/aromatic N) is 5. The van der Waals surface area contributed by atoms with Gasteiger partial charge in [0.2, 0.25) is 0 Å². The second kappa shape index (κ2) is 7.10. The van der Waals surface area contributed by atoms with Crippen molar-refractivity contribution in [3.63, 3.8) is 0 Å². The number of rotatable bonds is 0. The summed E-state index contributed by atoms with van der Waals surface area (Å²) in [6, 6.07) is 8.66. The summed E-state index contributed by atoms with van der Waals surface area (Å²) in [4.78, 5) is 9.72. The largest absolute Gasteiger partial charge is 0.493 e. The van der Waals surface area contributed by atoms with E-state index in [0.717, 1.165) is 52.5 Å². The molecular formula is C24H23N5O. The second-order valence-electron chi connectivity index (χ2n) is 8.03. The number of benzene rings is 1. The van der Waals surface area contributed by atoms with Crippen LogP contribution in [0.25, 0.3) is 16.8 Å². The van der Waals surface area contributed by atoms with Gasteiger partial charge in [-0.1, -0.05) is 30.7 Å². The molecule has 0 spiro atoms. The summed E-state index contributed by atoms with van der Waals surface area (Å²) in [6.07, 6.45) is 6.30. The summed E-state index contributed by atoms with van der Waals surface area (Å²) in [5.41, 5.74) is 8.35. The molecule has 6 heteroatoms. The second-order valence-corrected chi connectivity index (χ2v) is 8.03. The Labute approximate surface area is 175 Å². The molecule has 2 aromatic heterocycles. The molecule has 1 atom stereocenters. The van der Waals surface area contributed by atoms with Crippen LogP contribution >= 0.6 is 0 Å². The molecule has 5 rings (SSSR count). The molecule has 0 amide bonds. The summed E-state index contributed by atoms with van der Waals surface area (Å²) >= 11 is 0. The first kappa shape index (κ1) is 18.6. The van der Waals surface area contributed by atoms with Crippen LogP contribution in [0.1, 0.15) is 53.2 Å². The van der Waals surface area contributed by atoms with Crippen molar-refractivity contribution in [2.75, 3.05) is 6.61 Å². The fourth-order valence-corrected chi connectivity index (χ4v) is 4.48. The Hall–Kier alpha value is -3.46. The lowest BCUT2D eigenvalue weighted by atomic mass is 9.90. The molecule has 0 saturated carbocycles. The highest BCUT2D eigenvalue weighted by Crippen LogP contribution is 2.41. The molecule has 2 bridgehead atoms. The Balaban J connectivity index is 1.71. The highest BCUT2D eigenvalue weighted by Gasteiger charge is 2.28. The van der Waals surface area contributed by atoms with Crippen molar-refractivity contribution in [3.8, 4) is 23.1 Å². The summed E-state index contributed by atoms with van der Waals surface area (Å²) in [5, 5.41) is 14.3. The quantitative estimate of drug-likeness (QED) is 0.570. The number of aromatic nitrogens is 4. The zero-order valence-corrected chi connectivity index (χ0v) is 17.4. The topological polar surface area (TPSA) is 76.6 Å². The number of nitriles is 1. The van der Waals surface area contributed by atoms with Gasteiger partial charge in [-0.05, 0) is 31.4 Å². The normalized spacial score (nSPS) is 17.4. The van der Waals surface area contributed by atoms with Gasteiger partial charge in [0.25, 0.3) is 0 Å². The summed E-state index contributed by atoms with van der Waals surface area (Å²) in [6.45, 7) is 4.90. The van der Waals surface area contributed by atoms with Gasteiger partial charge in [0.1, 0.15) is 17.5 Å². The van der Waals surface area contributed by atoms with Crippen LogP contribution in [0, 0.1) is 18.3 Å². The fourth-order valence-electron chi connectivity index (χ4n) is 4.48. The van der Waals surface area contributed by atoms with Crippen molar-refractivity contribution < 1.29 is 4.74 Å². The molecule has 30 heavy (non-hydrogen) atoms. The Morgan fingerprint density at radius 1 is 1.27 bits per heavy atom. The molecule has 1 aliphatic carbocycles. The van der Waals surface area contributed by atoms with Crippen LogP contribution in [0.5, 0.6) is 5.75 Å². The Bertz CT molecular complexity index is 1230. The van der Waals surface area contributed by atoms with Gasteiger partial charge < -0.3 is 4.74 Å². The average Bonchev–Trinajstić information content (AvgIpc) is 3.30. The molecule has 0 unspecified atom stereocenters. The molecule has 150 valence electrons. The summed E-state index contributed by atoms with van der Waals surface area (Å²) in [7, 11) is 1.80. The summed E-state index contributed by atoms with van der Waals surface area (Å²) in [5.74, 6) is 1.06. The third-order valence-electron chi connectivity index (χ3n) is 6.03. The lowest BCUT2D eigenvalue weighted by Gasteiger charge is -2.19. The maximum atomic E-state index is 9.74. The standard InChI is InChI=1S/C24H23N5O/c1-14-6-9-22-17(11-14)15(2)16-7-8-19-24(16)27-20(13-26-19)23-18(5-4-10-30-22)28-29(3)21(23)12-25/h6-7,9,11,13,15H,4-5,8,10H2,1-3H3/t15-/m0/s1. The van der Waals surface area contributed by atoms with E-state index >= 15 is 0 Å². The number of ether oxygens (including phenoxy) is 1. The number of hydrogen-bond acceptors (Lipinski definition) is 5. The Kier molecular flexibility index (Phi) is 4.39. The molecule has 0 fully saturated rings. The van der Waals surface area contributed by atoms with Crippen molar-refractivity contribution in [1.29, 1.82) is 5.26 Å². The number of fused-ring (bicyclic) bond motifs is 4. The van der Waals surface area contributed by atoms with Gasteiger partial charge in [0, 0.05) is 24.9 Å². The van der Waals surface area contributed by atoms with Crippen molar-refractivity contribution >= 4 is 5.57 Å². The lowest BCUT2D eigenvalue weighted by Crippen LogP contribution is -2.06. The molecule has 1 aromatic carbocycles. The number of allylic oxidation sites excluding steroid dienone is 2. The Morgan fingerprint density at radius 2 is 2.13 bits per heavy atom. The molecular weight excluding hydrogens is 374 g/mol. The van der Waals surface area contributed by atoms with E-state index in [1.165, 1.54) is 11.1 Å². The predicted octanol–water partition coefficient (Wildman–Crippen LogP) is 4.13. The van der Waals surface area contributed by atoms with Crippen LogP contribution in [0.2, 0.25) is 0 Å². The Morgan fingerprint density at radius 3 is 2.97 bits per heavy atom. The highest BCUT2D eigenvalue weighted by molar-refractivity contribution is 5.77. The third-order valence-corrected chi connectivity index (χ3v) is 6.03. The number of hydrogen-bond donors (Lipinski definition) is 0. The van der Waals surface area contributed by atoms with Crippen molar-refractivity contribution in [2.24, 2.45) is 7.05 Å². The van der Waals surface area contributed by atoms with Gasteiger partial charge in [0.05, 0.1) is 41.1 Å². The maximum absolute atomic E-state index is 9.74. The molecule has 0 N–H and O–H groups in total. The molecule has 3 aromatic rings. The minimum atomic E-state index is 0.134. The van der Waals surface area contributed by atoms with Gasteiger partial charge in [-0.15, -0.1) is 0 Å². The maximum Gasteiger partial charge on any atom is 0.147 e. The average molecular weight is 397 g/mol. The zero-order valence-electron chi connectivity index (χ0n) is 17.4. The van der Waals surface area contributed by atoms with Crippen LogP contribution in [0.15, 0.2) is 30.5 Å². The first-order valence-electron chi connectivity index (χ1n) is 10.3. The van der Waals surface area contributed by atoms with Crippen molar-refractivity contribution in [3.05, 3.63) is 64.4 Å². The van der Waals surface area contributed by atoms with E-state index in [4.69, 9.17) is 14.7 Å². The van der Waals surface area contributed by atoms with Crippen molar-refractivity contribution in [1.82, 2.24) is 19.7 Å². The SMILES string of the molecule is Cc1ccc2c(c1)[C@@H](C)C1=CCc3ncc(nc31)-c1c(nn(C)c1C#N)CCCO2. The predicted molar refractivity (Wildman–Crippen MR) is 114 cm³/mol. The first-order valence-corrected chi connectivity index (χ1v) is 10.3. The highest BCUT2D eigenvalue weighted by atomic mass is 16.5. The van der Waals surface area contributed by atoms with E-state index in [1.54, 1.807) is 17.9 Å². The van der Waals surface area contributed by atoms with Crippen molar-refractivity contribution in [2.45, 2.75) is 39.0 Å². The van der Waals surface area contributed by atoms with E-state index in [9.17, 15) is 5.26 Å². The molecule has 2 aliphatic rings. The molecule has 1 aliphatic heterocycles. The van der Waals surface area contributed by atoms with Crippen LogP contribution in [0.4, 0.5) is 0 Å². The minimum Gasteiger partial charge on any atom is -0.493 e. The van der Waals surface area contributed by atoms with E-state index in [-0.39, 0.29) is 5.92 Å². The summed E-state index contributed by atoms with van der Waals surface area (Å²) < 4.78 is 7.85. The van der Waals surface area contributed by atoms with E-state index in [1.807, 2.05) is 0 Å². The lowest BCUT2D eigenvalue weighted by molar-refractivity contribution is 0.307. The number of aryl methyl sites for hydroxylation is 3. The van der Waals surface area contributed by atoms with E-state index in [2.05, 4.69) is 49.3 Å². The van der Waals surface area contributed by atoms with E-state index < -0.39 is 0 Å².